The van der Waals surface area contributed by atoms with E-state index < -0.39 is 0 Å². The zero-order valence-electron chi connectivity index (χ0n) is 14.2. The van der Waals surface area contributed by atoms with Crippen molar-refractivity contribution < 1.29 is 14.3 Å². The van der Waals surface area contributed by atoms with Gasteiger partial charge in [0.2, 0.25) is 0 Å². The van der Waals surface area contributed by atoms with E-state index in [1.165, 1.54) is 11.8 Å². The van der Waals surface area contributed by atoms with Crippen LogP contribution in [0.25, 0.3) is 6.08 Å². The molecule has 0 aliphatic carbocycles. The van der Waals surface area contributed by atoms with Crippen molar-refractivity contribution >= 4 is 34.6 Å². The molecule has 6 heteroatoms. The maximum atomic E-state index is 12.2. The van der Waals surface area contributed by atoms with Crippen LogP contribution in [0.3, 0.4) is 0 Å². The second-order valence-corrected chi connectivity index (χ2v) is 6.50. The second-order valence-electron chi connectivity index (χ2n) is 5.47. The molecule has 0 saturated carbocycles. The number of methoxy groups -OCH3 is 2. The van der Waals surface area contributed by atoms with Crippen LogP contribution in [0.1, 0.15) is 11.1 Å². The maximum Gasteiger partial charge on any atom is 0.264 e. The van der Waals surface area contributed by atoms with Gasteiger partial charge in [0.1, 0.15) is 11.5 Å². The number of nitrogens with one attached hydrogen (secondary N) is 1. The van der Waals surface area contributed by atoms with Crippen LogP contribution in [0, 0.1) is 6.92 Å². The van der Waals surface area contributed by atoms with Gasteiger partial charge < -0.3 is 14.8 Å². The fourth-order valence-corrected chi connectivity index (χ4v) is 3.20. The summed E-state index contributed by atoms with van der Waals surface area (Å²) >= 11 is 1.31. The number of ether oxygens (including phenoxy) is 2. The molecule has 1 aliphatic rings. The van der Waals surface area contributed by atoms with Crippen LogP contribution in [0.5, 0.6) is 11.5 Å². The topological polar surface area (TPSA) is 59.9 Å². The standard InChI is InChI=1S/C19H18N2O3S/c1-12-5-4-6-14(7-12)20-19-21-18(22)17(25-19)10-13-8-15(23-2)11-16(9-13)24-3/h4-11H,1-3H3,(H,20,21,22)/b17-10-. The van der Waals surface area contributed by atoms with Crippen molar-refractivity contribution in [2.45, 2.75) is 6.92 Å². The average Bonchev–Trinajstić information content (AvgIpc) is 2.93. The van der Waals surface area contributed by atoms with Crippen molar-refractivity contribution in [3.05, 3.63) is 58.5 Å². The Labute approximate surface area is 150 Å². The number of rotatable bonds is 4. The first-order chi connectivity index (χ1) is 12.1. The number of aliphatic imine (C=N–C) groups is 1. The Hall–Kier alpha value is -2.73. The van der Waals surface area contributed by atoms with Crippen LogP contribution < -0.4 is 14.8 Å². The van der Waals surface area contributed by atoms with Gasteiger partial charge in [-0.15, -0.1) is 0 Å². The average molecular weight is 354 g/mol. The Kier molecular flexibility index (Phi) is 5.09. The third kappa shape index (κ3) is 4.22. The van der Waals surface area contributed by atoms with E-state index in [0.717, 1.165) is 16.8 Å². The molecule has 3 rings (SSSR count). The van der Waals surface area contributed by atoms with Crippen LogP contribution in [0.15, 0.2) is 52.4 Å². The summed E-state index contributed by atoms with van der Waals surface area (Å²) in [4.78, 5) is 17.3. The molecule has 0 bridgehead atoms. The van der Waals surface area contributed by atoms with Crippen LogP contribution in [0.2, 0.25) is 0 Å². The normalized spacial score (nSPS) is 17.0. The molecule has 1 fully saturated rings. The summed E-state index contributed by atoms with van der Waals surface area (Å²) in [5, 5.41) is 3.36. The predicted molar refractivity (Wildman–Crippen MR) is 102 cm³/mol. The molecule has 128 valence electrons. The molecule has 1 heterocycles. The number of hydrogen-bond acceptors (Lipinski definition) is 5. The van der Waals surface area contributed by atoms with E-state index >= 15 is 0 Å². The van der Waals surface area contributed by atoms with E-state index in [2.05, 4.69) is 10.3 Å². The molecule has 1 amide bonds. The summed E-state index contributed by atoms with van der Waals surface area (Å²) in [6.07, 6.45) is 1.80. The van der Waals surface area contributed by atoms with Gasteiger partial charge in [-0.2, -0.15) is 0 Å². The van der Waals surface area contributed by atoms with Gasteiger partial charge in [0.05, 0.1) is 24.8 Å². The van der Waals surface area contributed by atoms with E-state index in [4.69, 9.17) is 9.47 Å². The number of amidine groups is 1. The molecule has 25 heavy (non-hydrogen) atoms. The van der Waals surface area contributed by atoms with Crippen LogP contribution in [0.4, 0.5) is 5.69 Å². The lowest BCUT2D eigenvalue weighted by Crippen LogP contribution is -2.19. The van der Waals surface area contributed by atoms with E-state index in [9.17, 15) is 4.79 Å². The third-order valence-electron chi connectivity index (χ3n) is 3.55. The molecule has 0 spiro atoms. The molecule has 0 aromatic heterocycles. The van der Waals surface area contributed by atoms with E-state index in [0.29, 0.717) is 21.6 Å². The van der Waals surface area contributed by atoms with Gasteiger partial charge in [-0.3, -0.25) is 4.79 Å². The Morgan fingerprint density at radius 1 is 1.08 bits per heavy atom. The summed E-state index contributed by atoms with van der Waals surface area (Å²) in [6, 6.07) is 13.3. The van der Waals surface area contributed by atoms with E-state index in [-0.39, 0.29) is 5.91 Å². The Balaban J connectivity index is 1.86. The minimum Gasteiger partial charge on any atom is -0.497 e. The molecule has 1 saturated heterocycles. The molecule has 1 aliphatic heterocycles. The molecule has 0 radical (unpaired) electrons. The fraction of sp³-hybridized carbons (Fsp3) is 0.158. The van der Waals surface area contributed by atoms with Crippen molar-refractivity contribution in [2.24, 2.45) is 4.99 Å². The summed E-state index contributed by atoms with van der Waals surface area (Å²) in [5.74, 6) is 1.17. The summed E-state index contributed by atoms with van der Waals surface area (Å²) < 4.78 is 10.5. The van der Waals surface area contributed by atoms with Crippen molar-refractivity contribution in [3.63, 3.8) is 0 Å². The van der Waals surface area contributed by atoms with E-state index in [1.807, 2.05) is 43.3 Å². The van der Waals surface area contributed by atoms with Gasteiger partial charge in [-0.05, 0) is 60.2 Å². The molecule has 5 nitrogen and oxygen atoms in total. The van der Waals surface area contributed by atoms with Gasteiger partial charge >= 0.3 is 0 Å². The lowest BCUT2D eigenvalue weighted by molar-refractivity contribution is -0.115. The van der Waals surface area contributed by atoms with Crippen LogP contribution in [-0.4, -0.2) is 25.3 Å². The lowest BCUT2D eigenvalue weighted by atomic mass is 10.2. The third-order valence-corrected chi connectivity index (χ3v) is 4.46. The Bertz CT molecular complexity index is 852. The van der Waals surface area contributed by atoms with Crippen molar-refractivity contribution in [2.75, 3.05) is 14.2 Å². The molecule has 1 N–H and O–H groups in total. The zero-order valence-corrected chi connectivity index (χ0v) is 15.0. The summed E-state index contributed by atoms with van der Waals surface area (Å²) in [7, 11) is 3.19. The van der Waals surface area contributed by atoms with Gasteiger partial charge in [-0.1, -0.05) is 12.1 Å². The van der Waals surface area contributed by atoms with Gasteiger partial charge in [-0.25, -0.2) is 4.99 Å². The number of thioether (sulfide) groups is 1. The molecule has 2 aromatic carbocycles. The van der Waals surface area contributed by atoms with Gasteiger partial charge in [0, 0.05) is 6.07 Å². The SMILES string of the molecule is COc1cc(/C=C2\SC(=Nc3cccc(C)c3)NC2=O)cc(OC)c1. The quantitative estimate of drug-likeness (QED) is 0.846. The number of nitrogens with zero attached hydrogens (tertiary/aromatic N) is 1. The van der Waals surface area contributed by atoms with Crippen molar-refractivity contribution in [3.8, 4) is 11.5 Å². The monoisotopic (exact) mass is 354 g/mol. The van der Waals surface area contributed by atoms with Gasteiger partial charge in [0.25, 0.3) is 5.91 Å². The second kappa shape index (κ2) is 7.44. The first-order valence-corrected chi connectivity index (χ1v) is 8.48. The minimum atomic E-state index is -0.168. The lowest BCUT2D eigenvalue weighted by Gasteiger charge is -2.06. The van der Waals surface area contributed by atoms with E-state index in [1.54, 1.807) is 26.4 Å². The highest BCUT2D eigenvalue weighted by Crippen LogP contribution is 2.30. The molecule has 2 aromatic rings. The number of hydrogen-bond donors (Lipinski definition) is 1. The molecular weight excluding hydrogens is 336 g/mol. The minimum absolute atomic E-state index is 0.168. The van der Waals surface area contributed by atoms with Crippen LogP contribution >= 0.6 is 11.8 Å². The Morgan fingerprint density at radius 3 is 2.44 bits per heavy atom. The number of benzene rings is 2. The highest BCUT2D eigenvalue weighted by atomic mass is 32.2. The summed E-state index contributed by atoms with van der Waals surface area (Å²) in [6.45, 7) is 2.01. The molecule has 0 atom stereocenters. The number of carbonyl (C=O) groups is 1. The smallest absolute Gasteiger partial charge is 0.264 e. The number of aryl methyl sites for hydroxylation is 1. The van der Waals surface area contributed by atoms with Crippen molar-refractivity contribution in [1.29, 1.82) is 0 Å². The Morgan fingerprint density at radius 2 is 1.80 bits per heavy atom. The molecular formula is C19H18N2O3S. The first kappa shape index (κ1) is 17.1. The maximum absolute atomic E-state index is 12.2. The largest absolute Gasteiger partial charge is 0.497 e. The van der Waals surface area contributed by atoms with Gasteiger partial charge in [0.15, 0.2) is 5.17 Å². The number of carbonyl (C=O) groups excluding carboxylic acids is 1. The number of amides is 1. The fourth-order valence-electron chi connectivity index (χ4n) is 2.36. The van der Waals surface area contributed by atoms with Crippen molar-refractivity contribution in [1.82, 2.24) is 5.32 Å². The highest BCUT2D eigenvalue weighted by molar-refractivity contribution is 8.18. The molecule has 0 unspecified atom stereocenters. The first-order valence-electron chi connectivity index (χ1n) is 7.67. The summed E-state index contributed by atoms with van der Waals surface area (Å²) in [5.41, 5.74) is 2.76. The highest BCUT2D eigenvalue weighted by Gasteiger charge is 2.24. The predicted octanol–water partition coefficient (Wildman–Crippen LogP) is 3.90. The zero-order chi connectivity index (χ0) is 17.8. The van der Waals surface area contributed by atoms with Crippen LogP contribution in [-0.2, 0) is 4.79 Å².